The third-order valence-corrected chi connectivity index (χ3v) is 8.51. The number of hydrogen-bond donors (Lipinski definition) is 1. The zero-order valence-electron chi connectivity index (χ0n) is 25.0. The maximum atomic E-state index is 12.4. The summed E-state index contributed by atoms with van der Waals surface area (Å²) < 4.78 is 22.5. The van der Waals surface area contributed by atoms with Crippen molar-refractivity contribution >= 4 is 51.2 Å². The van der Waals surface area contributed by atoms with E-state index >= 15 is 0 Å². The molecule has 14 heteroatoms. The summed E-state index contributed by atoms with van der Waals surface area (Å²) in [6.07, 6.45) is 3.72. The van der Waals surface area contributed by atoms with Gasteiger partial charge in [0.05, 0.1) is 13.2 Å². The first-order valence-electron chi connectivity index (χ1n) is 14.6. The lowest BCUT2D eigenvalue weighted by atomic mass is 10.1. The van der Waals surface area contributed by atoms with Gasteiger partial charge in [0.25, 0.3) is 0 Å². The molecule has 0 bridgehead atoms. The molecule has 1 aromatic rings. The molecule has 2 heterocycles. The highest BCUT2D eigenvalue weighted by Gasteiger charge is 2.39. The maximum absolute atomic E-state index is 12.4. The Morgan fingerprint density at radius 3 is 2.30 bits per heavy atom. The van der Waals surface area contributed by atoms with Crippen LogP contribution in [-0.2, 0) is 38.1 Å². The van der Waals surface area contributed by atoms with Crippen LogP contribution < -0.4 is 5.32 Å². The standard InChI is InChI=1S/C29H43N3O9S2/c1-3-38-20-29(21-39-4-2,22-40-28(37)32-26(35)13-14-27(32)36)41-18-9-17-30-24(34)11-6-5-10-23(33)15-19-42-43-25-12-7-8-16-31-25/h7-8,12,16H,3-6,9-11,13-15,17-22H2,1-2H3,(H,30,34). The van der Waals surface area contributed by atoms with Crippen molar-refractivity contribution < 1.29 is 42.9 Å². The van der Waals surface area contributed by atoms with Gasteiger partial charge in [-0.3, -0.25) is 19.2 Å². The Hall–Kier alpha value is -2.52. The van der Waals surface area contributed by atoms with Crippen molar-refractivity contribution in [2.75, 3.05) is 51.9 Å². The van der Waals surface area contributed by atoms with Crippen LogP contribution in [-0.4, -0.2) is 97.0 Å². The minimum atomic E-state index is -1.15. The average Bonchev–Trinajstić information content (AvgIpc) is 3.35. The Morgan fingerprint density at radius 1 is 0.953 bits per heavy atom. The van der Waals surface area contributed by atoms with Crippen molar-refractivity contribution in [3.05, 3.63) is 24.4 Å². The van der Waals surface area contributed by atoms with E-state index in [1.54, 1.807) is 27.8 Å². The van der Waals surface area contributed by atoms with Gasteiger partial charge < -0.3 is 24.3 Å². The smallest absolute Gasteiger partial charge is 0.423 e. The lowest BCUT2D eigenvalue weighted by molar-refractivity contribution is -0.159. The van der Waals surface area contributed by atoms with Gasteiger partial charge in [0, 0.05) is 70.4 Å². The van der Waals surface area contributed by atoms with Gasteiger partial charge in [0.2, 0.25) is 17.7 Å². The van der Waals surface area contributed by atoms with Crippen LogP contribution in [0.5, 0.6) is 0 Å². The van der Waals surface area contributed by atoms with Gasteiger partial charge in [-0.1, -0.05) is 16.9 Å². The van der Waals surface area contributed by atoms with Crippen LogP contribution in [0.3, 0.4) is 0 Å². The van der Waals surface area contributed by atoms with Crippen LogP contribution in [0.2, 0.25) is 0 Å². The van der Waals surface area contributed by atoms with Gasteiger partial charge in [-0.25, -0.2) is 9.78 Å². The highest BCUT2D eigenvalue weighted by Crippen LogP contribution is 2.29. The third kappa shape index (κ3) is 14.7. The van der Waals surface area contributed by atoms with Gasteiger partial charge in [0.15, 0.2) is 0 Å². The van der Waals surface area contributed by atoms with Gasteiger partial charge in [-0.2, -0.15) is 4.90 Å². The number of nitrogens with one attached hydrogen (secondary N) is 1. The molecule has 240 valence electrons. The molecule has 1 saturated heterocycles. The number of pyridine rings is 1. The topological polar surface area (TPSA) is 150 Å². The van der Waals surface area contributed by atoms with E-state index < -0.39 is 23.5 Å². The molecule has 2 rings (SSSR count). The summed E-state index contributed by atoms with van der Waals surface area (Å²) in [6, 6.07) is 5.73. The van der Waals surface area contributed by atoms with Gasteiger partial charge in [-0.05, 0) is 56.0 Å². The number of amides is 4. The molecule has 4 amide bonds. The molecule has 0 radical (unpaired) electrons. The Bertz CT molecular complexity index is 1010. The largest absolute Gasteiger partial charge is 0.446 e. The molecular weight excluding hydrogens is 598 g/mol. The average molecular weight is 642 g/mol. The quantitative estimate of drug-likeness (QED) is 0.105. The Kier molecular flexibility index (Phi) is 18.1. The number of ketones is 1. The molecule has 0 spiro atoms. The molecule has 1 fully saturated rings. The summed E-state index contributed by atoms with van der Waals surface area (Å²) >= 11 is 0. The summed E-state index contributed by atoms with van der Waals surface area (Å²) in [6.45, 7) is 4.83. The summed E-state index contributed by atoms with van der Waals surface area (Å²) in [5.41, 5.74) is -1.15. The third-order valence-electron chi connectivity index (χ3n) is 6.24. The summed E-state index contributed by atoms with van der Waals surface area (Å²) in [5, 5.41) is 3.77. The zero-order chi connectivity index (χ0) is 31.3. The first kappa shape index (κ1) is 36.7. The minimum absolute atomic E-state index is 0.0241. The number of nitrogens with zero attached hydrogens (tertiary/aromatic N) is 2. The Morgan fingerprint density at radius 2 is 1.65 bits per heavy atom. The van der Waals surface area contributed by atoms with Crippen LogP contribution in [0.15, 0.2) is 29.4 Å². The van der Waals surface area contributed by atoms with Crippen LogP contribution in [0.1, 0.15) is 65.2 Å². The molecule has 1 N–H and O–H groups in total. The molecule has 43 heavy (non-hydrogen) atoms. The van der Waals surface area contributed by atoms with Crippen LogP contribution in [0.25, 0.3) is 0 Å². The van der Waals surface area contributed by atoms with Crippen molar-refractivity contribution in [2.45, 2.75) is 75.8 Å². The number of ether oxygens (including phenoxy) is 4. The SMILES string of the molecule is CCOCC(COCC)(COC(=O)N1C(=O)CCC1=O)OCCCNC(=O)CCCCC(=O)CCSSc1ccccn1. The monoisotopic (exact) mass is 641 g/mol. The van der Waals surface area contributed by atoms with Crippen LogP contribution in [0.4, 0.5) is 4.79 Å². The van der Waals surface area contributed by atoms with E-state index in [1.807, 2.05) is 32.0 Å². The predicted octanol–water partition coefficient (Wildman–Crippen LogP) is 3.96. The van der Waals surface area contributed by atoms with Crippen LogP contribution >= 0.6 is 21.6 Å². The first-order valence-corrected chi connectivity index (χ1v) is 16.9. The van der Waals surface area contributed by atoms with Gasteiger partial charge in [0.1, 0.15) is 23.0 Å². The first-order chi connectivity index (χ1) is 20.8. The van der Waals surface area contributed by atoms with E-state index in [0.717, 1.165) is 10.8 Å². The number of hydrogen-bond acceptors (Lipinski definition) is 12. The van der Waals surface area contributed by atoms with E-state index in [2.05, 4.69) is 10.3 Å². The Labute approximate surface area is 261 Å². The molecule has 0 aliphatic carbocycles. The number of imide groups is 3. The van der Waals surface area contributed by atoms with Crippen molar-refractivity contribution in [2.24, 2.45) is 0 Å². The molecule has 0 aromatic carbocycles. The number of aromatic nitrogens is 1. The summed E-state index contributed by atoms with van der Waals surface area (Å²) in [5.74, 6) is -0.371. The predicted molar refractivity (Wildman–Crippen MR) is 162 cm³/mol. The summed E-state index contributed by atoms with van der Waals surface area (Å²) in [4.78, 5) is 65.2. The number of unbranched alkanes of at least 4 members (excludes halogenated alkanes) is 1. The van der Waals surface area contributed by atoms with E-state index in [9.17, 15) is 24.0 Å². The van der Waals surface area contributed by atoms with Crippen molar-refractivity contribution in [1.29, 1.82) is 0 Å². The van der Waals surface area contributed by atoms with E-state index in [-0.39, 0.29) is 51.0 Å². The molecule has 1 aliphatic heterocycles. The normalized spacial score (nSPS) is 13.4. The molecule has 12 nitrogen and oxygen atoms in total. The molecule has 0 unspecified atom stereocenters. The van der Waals surface area contributed by atoms with Crippen molar-refractivity contribution in [1.82, 2.24) is 15.2 Å². The molecule has 0 atom stereocenters. The minimum Gasteiger partial charge on any atom is -0.446 e. The fraction of sp³-hybridized carbons (Fsp3) is 0.655. The van der Waals surface area contributed by atoms with Gasteiger partial charge >= 0.3 is 6.09 Å². The van der Waals surface area contributed by atoms with E-state index in [0.29, 0.717) is 63.2 Å². The fourth-order valence-electron chi connectivity index (χ4n) is 3.93. The van der Waals surface area contributed by atoms with E-state index in [4.69, 9.17) is 18.9 Å². The second kappa shape index (κ2) is 21.2. The number of Topliss-reactive ketones (excluding diaryl/α,β-unsaturated/α-hetero) is 1. The number of rotatable bonds is 23. The molecule has 1 aliphatic rings. The number of carbonyl (C=O) groups is 5. The molecule has 1 aromatic heterocycles. The van der Waals surface area contributed by atoms with Crippen LogP contribution in [0, 0.1) is 0 Å². The number of carbonyl (C=O) groups excluding carboxylic acids is 5. The van der Waals surface area contributed by atoms with Crippen molar-refractivity contribution in [3.8, 4) is 0 Å². The zero-order valence-corrected chi connectivity index (χ0v) is 26.6. The maximum Gasteiger partial charge on any atom is 0.423 e. The van der Waals surface area contributed by atoms with E-state index in [1.165, 1.54) is 0 Å². The lowest BCUT2D eigenvalue weighted by Gasteiger charge is -2.33. The highest BCUT2D eigenvalue weighted by molar-refractivity contribution is 8.76. The summed E-state index contributed by atoms with van der Waals surface area (Å²) in [7, 11) is 3.16. The molecular formula is C29H43N3O9S2. The Balaban J connectivity index is 1.64. The fourth-order valence-corrected chi connectivity index (χ4v) is 5.84. The second-order valence-electron chi connectivity index (χ2n) is 9.76. The highest BCUT2D eigenvalue weighted by atomic mass is 33.1. The number of likely N-dealkylation sites (tertiary alicyclic amines) is 1. The molecule has 0 saturated carbocycles. The second-order valence-corrected chi connectivity index (χ2v) is 12.2. The van der Waals surface area contributed by atoms with Crippen molar-refractivity contribution in [3.63, 3.8) is 0 Å². The van der Waals surface area contributed by atoms with Gasteiger partial charge in [-0.15, -0.1) is 0 Å². The lowest BCUT2D eigenvalue weighted by Crippen LogP contribution is -2.49.